The van der Waals surface area contributed by atoms with Gasteiger partial charge in [0.05, 0.1) is 5.92 Å². The molecule has 1 unspecified atom stereocenters. The molecule has 1 saturated heterocycles. The standard InChI is InChI=1S/C22H22BrF3N2O3/c23-15-8-4-5-13(11-15)9-10-16-19(30)28(21(16)12-17(21)29)20(31)27-18(22(24,25)26)14-6-2-1-3-7-14/h4-5,8-11,14,16,18H,1-3,6-7,12H2,(H,27,31)/b10-9+/t16-,18-,21?/m0/s1. The van der Waals surface area contributed by atoms with Crippen LogP contribution in [0.4, 0.5) is 18.0 Å². The van der Waals surface area contributed by atoms with E-state index in [-0.39, 0.29) is 12.2 Å². The highest BCUT2D eigenvalue weighted by Crippen LogP contribution is 2.53. The van der Waals surface area contributed by atoms with Crippen LogP contribution in [0.3, 0.4) is 0 Å². The first-order valence-corrected chi connectivity index (χ1v) is 11.1. The summed E-state index contributed by atoms with van der Waals surface area (Å²) in [5, 5.41) is 2.04. The Bertz CT molecular complexity index is 942. The van der Waals surface area contributed by atoms with E-state index in [1.807, 2.05) is 29.6 Å². The van der Waals surface area contributed by atoms with Crippen molar-refractivity contribution in [2.75, 3.05) is 0 Å². The molecule has 31 heavy (non-hydrogen) atoms. The van der Waals surface area contributed by atoms with Gasteiger partial charge in [-0.1, -0.05) is 59.5 Å². The van der Waals surface area contributed by atoms with Crippen molar-refractivity contribution in [2.24, 2.45) is 11.8 Å². The van der Waals surface area contributed by atoms with Crippen LogP contribution in [-0.2, 0) is 9.59 Å². The van der Waals surface area contributed by atoms with E-state index < -0.39 is 41.5 Å². The van der Waals surface area contributed by atoms with Crippen molar-refractivity contribution in [2.45, 2.75) is 56.3 Å². The Balaban J connectivity index is 1.50. The molecule has 0 bridgehead atoms. The van der Waals surface area contributed by atoms with E-state index >= 15 is 0 Å². The second kappa shape index (κ2) is 8.07. The molecule has 3 fully saturated rings. The first kappa shape index (κ1) is 22.0. The van der Waals surface area contributed by atoms with Gasteiger partial charge >= 0.3 is 12.2 Å². The van der Waals surface area contributed by atoms with Crippen LogP contribution in [0, 0.1) is 11.8 Å². The van der Waals surface area contributed by atoms with E-state index in [1.54, 1.807) is 12.2 Å². The van der Waals surface area contributed by atoms with Crippen LogP contribution in [-0.4, -0.2) is 40.4 Å². The fourth-order valence-electron chi connectivity index (χ4n) is 4.77. The van der Waals surface area contributed by atoms with Crippen LogP contribution in [0.25, 0.3) is 6.08 Å². The number of carbonyl (C=O) groups excluding carboxylic acids is 3. The lowest BCUT2D eigenvalue weighted by molar-refractivity contribution is -0.170. The van der Waals surface area contributed by atoms with Gasteiger partial charge in [0, 0.05) is 10.9 Å². The number of likely N-dealkylation sites (tertiary alicyclic amines) is 1. The quantitative estimate of drug-likeness (QED) is 0.603. The summed E-state index contributed by atoms with van der Waals surface area (Å²) >= 11 is 3.35. The first-order valence-electron chi connectivity index (χ1n) is 10.3. The minimum atomic E-state index is -4.62. The highest BCUT2D eigenvalue weighted by atomic mass is 79.9. The zero-order valence-corrected chi connectivity index (χ0v) is 18.2. The SMILES string of the molecule is O=C(N[C@@H](C1CCCCC1)C(F)(F)F)N1C(=O)[C@H](/C=C/c2cccc(Br)c2)C12CC2=O. The molecule has 166 valence electrons. The van der Waals surface area contributed by atoms with Gasteiger partial charge in [-0.25, -0.2) is 9.69 Å². The number of Topliss-reactive ketones (excluding diaryl/α,β-unsaturated/α-hetero) is 1. The van der Waals surface area contributed by atoms with Crippen LogP contribution in [0.5, 0.6) is 0 Å². The van der Waals surface area contributed by atoms with Crippen molar-refractivity contribution >= 4 is 39.7 Å². The summed E-state index contributed by atoms with van der Waals surface area (Å²) in [6, 6.07) is 4.14. The average Bonchev–Trinajstić information content (AvgIpc) is 3.39. The molecular weight excluding hydrogens is 477 g/mol. The van der Waals surface area contributed by atoms with Gasteiger partial charge in [0.15, 0.2) is 5.78 Å². The molecule has 9 heteroatoms. The number of halogens is 4. The molecule has 4 rings (SSSR count). The monoisotopic (exact) mass is 498 g/mol. The van der Waals surface area contributed by atoms with Gasteiger partial charge in [-0.05, 0) is 36.5 Å². The maximum absolute atomic E-state index is 13.6. The Labute approximate surface area is 186 Å². The summed E-state index contributed by atoms with van der Waals surface area (Å²) in [5.41, 5.74) is -0.547. The van der Waals surface area contributed by atoms with E-state index in [4.69, 9.17) is 0 Å². The predicted octanol–water partition coefficient (Wildman–Crippen LogP) is 4.85. The maximum atomic E-state index is 13.6. The molecule has 1 aromatic carbocycles. The summed E-state index contributed by atoms with van der Waals surface area (Å²) in [6.07, 6.45) is 1.58. The minimum Gasteiger partial charge on any atom is -0.325 e. The summed E-state index contributed by atoms with van der Waals surface area (Å²) in [5.74, 6) is -2.53. The van der Waals surface area contributed by atoms with Crippen molar-refractivity contribution in [1.29, 1.82) is 0 Å². The molecule has 1 N–H and O–H groups in total. The number of rotatable bonds is 4. The fraction of sp³-hybridized carbons (Fsp3) is 0.500. The third-order valence-corrected chi connectivity index (χ3v) is 6.97. The molecule has 2 aliphatic carbocycles. The normalized spacial score (nSPS) is 27.5. The van der Waals surface area contributed by atoms with Crippen molar-refractivity contribution in [3.63, 3.8) is 0 Å². The Morgan fingerprint density at radius 1 is 1.23 bits per heavy atom. The van der Waals surface area contributed by atoms with E-state index in [9.17, 15) is 27.6 Å². The van der Waals surface area contributed by atoms with Crippen LogP contribution >= 0.6 is 15.9 Å². The van der Waals surface area contributed by atoms with E-state index in [0.29, 0.717) is 30.6 Å². The number of nitrogens with one attached hydrogen (secondary N) is 1. The van der Waals surface area contributed by atoms with Crippen LogP contribution in [0.1, 0.15) is 44.1 Å². The average molecular weight is 499 g/mol. The highest BCUT2D eigenvalue weighted by molar-refractivity contribution is 9.10. The number of urea groups is 1. The van der Waals surface area contributed by atoms with E-state index in [2.05, 4.69) is 15.9 Å². The molecule has 5 nitrogen and oxygen atoms in total. The smallest absolute Gasteiger partial charge is 0.325 e. The molecule has 1 heterocycles. The molecule has 2 saturated carbocycles. The lowest BCUT2D eigenvalue weighted by Gasteiger charge is -2.44. The van der Waals surface area contributed by atoms with Gasteiger partial charge in [-0.15, -0.1) is 0 Å². The Kier molecular flexibility index (Phi) is 5.74. The third kappa shape index (κ3) is 4.04. The Morgan fingerprint density at radius 2 is 1.90 bits per heavy atom. The second-order valence-electron chi connectivity index (χ2n) is 8.46. The van der Waals surface area contributed by atoms with Crippen molar-refractivity contribution in [1.82, 2.24) is 10.2 Å². The maximum Gasteiger partial charge on any atom is 0.408 e. The number of hydrogen-bond acceptors (Lipinski definition) is 3. The van der Waals surface area contributed by atoms with Gasteiger partial charge in [0.1, 0.15) is 11.6 Å². The Morgan fingerprint density at radius 3 is 2.48 bits per heavy atom. The molecule has 1 aromatic rings. The lowest BCUT2D eigenvalue weighted by atomic mass is 9.82. The van der Waals surface area contributed by atoms with Gasteiger partial charge in [-0.3, -0.25) is 9.59 Å². The molecule has 1 spiro atoms. The van der Waals surface area contributed by atoms with Gasteiger partial charge in [0.25, 0.3) is 0 Å². The predicted molar refractivity (Wildman–Crippen MR) is 111 cm³/mol. The lowest BCUT2D eigenvalue weighted by Crippen LogP contribution is -2.69. The van der Waals surface area contributed by atoms with Crippen molar-refractivity contribution in [3.8, 4) is 0 Å². The number of benzene rings is 1. The molecule has 0 radical (unpaired) electrons. The summed E-state index contributed by atoms with van der Waals surface area (Å²) in [6.45, 7) is 0. The number of amides is 3. The number of imide groups is 1. The summed E-state index contributed by atoms with van der Waals surface area (Å²) in [4.78, 5) is 38.3. The Hall–Kier alpha value is -2.16. The number of β-lactam (4-membered cyclic amide) rings is 1. The number of nitrogens with zero attached hydrogens (tertiary/aromatic N) is 1. The highest BCUT2D eigenvalue weighted by Gasteiger charge is 2.75. The number of alkyl halides is 3. The van der Waals surface area contributed by atoms with E-state index in [0.717, 1.165) is 16.5 Å². The molecule has 3 aliphatic rings. The van der Waals surface area contributed by atoms with Crippen molar-refractivity contribution < 1.29 is 27.6 Å². The summed E-state index contributed by atoms with van der Waals surface area (Å²) < 4.78 is 41.8. The van der Waals surface area contributed by atoms with Crippen LogP contribution in [0.15, 0.2) is 34.8 Å². The second-order valence-corrected chi connectivity index (χ2v) is 9.37. The van der Waals surface area contributed by atoms with Crippen LogP contribution < -0.4 is 5.32 Å². The van der Waals surface area contributed by atoms with Crippen molar-refractivity contribution in [3.05, 3.63) is 40.4 Å². The largest absolute Gasteiger partial charge is 0.408 e. The summed E-state index contributed by atoms with van der Waals surface area (Å²) in [7, 11) is 0. The molecule has 3 amide bonds. The number of hydrogen-bond donors (Lipinski definition) is 1. The number of carbonyl (C=O) groups is 3. The zero-order valence-electron chi connectivity index (χ0n) is 16.6. The van der Waals surface area contributed by atoms with Gasteiger partial charge in [-0.2, -0.15) is 13.2 Å². The molecule has 3 atom stereocenters. The molecule has 1 aliphatic heterocycles. The fourth-order valence-corrected chi connectivity index (χ4v) is 5.19. The third-order valence-electron chi connectivity index (χ3n) is 6.47. The minimum absolute atomic E-state index is 0.0280. The number of ketones is 1. The van der Waals surface area contributed by atoms with Gasteiger partial charge in [0.2, 0.25) is 5.91 Å². The molecular formula is C22H22BrF3N2O3. The van der Waals surface area contributed by atoms with E-state index in [1.165, 1.54) is 0 Å². The topological polar surface area (TPSA) is 66.5 Å². The van der Waals surface area contributed by atoms with Gasteiger partial charge < -0.3 is 5.32 Å². The molecule has 0 aromatic heterocycles. The first-order chi connectivity index (χ1) is 14.6. The van der Waals surface area contributed by atoms with Crippen LogP contribution in [0.2, 0.25) is 0 Å². The zero-order chi connectivity index (χ0) is 22.4.